The molecule has 0 aliphatic carbocycles. The summed E-state index contributed by atoms with van der Waals surface area (Å²) >= 11 is 3.60. The Hall–Kier alpha value is -3.20. The van der Waals surface area contributed by atoms with E-state index in [-0.39, 0.29) is 11.0 Å². The predicted octanol–water partition coefficient (Wildman–Crippen LogP) is 10.3. The van der Waals surface area contributed by atoms with E-state index in [9.17, 15) is 13.2 Å². The van der Waals surface area contributed by atoms with E-state index < -0.39 is 26.5 Å². The van der Waals surface area contributed by atoms with Crippen LogP contribution in [0.5, 0.6) is 0 Å². The minimum atomic E-state index is -4.41. The van der Waals surface area contributed by atoms with E-state index in [0.717, 1.165) is 26.7 Å². The monoisotopic (exact) mass is 720 g/mol. The van der Waals surface area contributed by atoms with Gasteiger partial charge in [-0.05, 0) is 69.1 Å². The molecule has 0 fully saturated rings. The smallest absolute Gasteiger partial charge is 0.406 e. The molecule has 3 nitrogen and oxygen atoms in total. The van der Waals surface area contributed by atoms with E-state index in [2.05, 4.69) is 104 Å². The molecule has 248 valence electrons. The third kappa shape index (κ3) is 7.30. The van der Waals surface area contributed by atoms with E-state index in [1.807, 2.05) is 50.2 Å². The molecular formula is C39H44BrF3N2OSi. The van der Waals surface area contributed by atoms with Crippen molar-refractivity contribution in [2.45, 2.75) is 78.6 Å². The maximum atomic E-state index is 14.3. The first-order valence-electron chi connectivity index (χ1n) is 16.1. The van der Waals surface area contributed by atoms with Crippen LogP contribution in [0.3, 0.4) is 0 Å². The zero-order chi connectivity index (χ0) is 34.2. The van der Waals surface area contributed by atoms with Crippen LogP contribution in [0.25, 0.3) is 22.2 Å². The summed E-state index contributed by atoms with van der Waals surface area (Å²) in [4.78, 5) is 4.66. The van der Waals surface area contributed by atoms with Crippen molar-refractivity contribution in [2.75, 3.05) is 6.61 Å². The fraction of sp³-hybridized carbons (Fsp3) is 0.359. The number of aromatic nitrogens is 2. The van der Waals surface area contributed by atoms with Gasteiger partial charge in [-0.3, -0.25) is 4.98 Å². The number of benzene rings is 3. The van der Waals surface area contributed by atoms with Gasteiger partial charge in [-0.2, -0.15) is 13.2 Å². The van der Waals surface area contributed by atoms with Gasteiger partial charge in [0.15, 0.2) is 0 Å². The third-order valence-corrected chi connectivity index (χ3v) is 14.3. The van der Waals surface area contributed by atoms with Gasteiger partial charge in [0.1, 0.15) is 6.54 Å². The van der Waals surface area contributed by atoms with E-state index in [4.69, 9.17) is 4.43 Å². The Labute approximate surface area is 286 Å². The molecule has 0 aliphatic rings. The van der Waals surface area contributed by atoms with Crippen LogP contribution in [0.2, 0.25) is 5.04 Å². The Bertz CT molecular complexity index is 1790. The normalized spacial score (nSPS) is 13.1. The molecule has 0 bridgehead atoms. The minimum absolute atomic E-state index is 0.0228. The topological polar surface area (TPSA) is 27.1 Å². The van der Waals surface area contributed by atoms with Crippen LogP contribution in [0, 0.1) is 5.41 Å². The molecule has 0 spiro atoms. The first-order valence-corrected chi connectivity index (χ1v) is 18.8. The lowest BCUT2D eigenvalue weighted by atomic mass is 9.84. The van der Waals surface area contributed by atoms with Gasteiger partial charge in [-0.1, -0.05) is 125 Å². The number of nitrogens with zero attached hydrogens (tertiary/aromatic N) is 2. The average Bonchev–Trinajstić information content (AvgIpc) is 3.27. The average molecular weight is 722 g/mol. The van der Waals surface area contributed by atoms with Crippen molar-refractivity contribution in [3.8, 4) is 11.3 Å². The predicted molar refractivity (Wildman–Crippen MR) is 194 cm³/mol. The lowest BCUT2D eigenvalue weighted by molar-refractivity contribution is -0.139. The molecule has 0 amide bonds. The molecule has 0 atom stereocenters. The van der Waals surface area contributed by atoms with Gasteiger partial charge in [-0.15, -0.1) is 0 Å². The van der Waals surface area contributed by atoms with E-state index in [1.165, 1.54) is 14.9 Å². The third-order valence-electron chi connectivity index (χ3n) is 8.86. The van der Waals surface area contributed by atoms with E-state index in [1.54, 1.807) is 12.3 Å². The summed E-state index contributed by atoms with van der Waals surface area (Å²) in [6.07, 6.45) is -2.19. The number of fused-ring (bicyclic) bond motifs is 1. The van der Waals surface area contributed by atoms with Crippen LogP contribution in [-0.4, -0.2) is 30.7 Å². The summed E-state index contributed by atoms with van der Waals surface area (Å²) in [5.74, 6) is 0.0228. The molecular weight excluding hydrogens is 677 g/mol. The van der Waals surface area contributed by atoms with Gasteiger partial charge in [-0.25, -0.2) is 0 Å². The highest BCUT2D eigenvalue weighted by molar-refractivity contribution is 9.10. The molecule has 47 heavy (non-hydrogen) atoms. The van der Waals surface area contributed by atoms with Gasteiger partial charge >= 0.3 is 6.18 Å². The standard InChI is InChI=1S/C39H44BrF3N2OSi/c1-27(2)35-31(19-14-22-44-35)36-33(32-23-28(40)20-21-34(32)45(36)25-39(41,42)43)24-38(6,7)26-46-47(37(3,4)5,29-15-10-8-11-16-29)30-17-12-9-13-18-30/h8-23,27H,24-26H2,1-7H3. The Morgan fingerprint density at radius 1 is 0.830 bits per heavy atom. The highest BCUT2D eigenvalue weighted by Gasteiger charge is 2.51. The summed E-state index contributed by atoms with van der Waals surface area (Å²) in [5, 5.41) is 2.98. The molecule has 8 heteroatoms. The Kier molecular flexibility index (Phi) is 9.98. The number of hydrogen-bond donors (Lipinski definition) is 0. The van der Waals surface area contributed by atoms with Gasteiger partial charge in [0, 0.05) is 33.7 Å². The quantitative estimate of drug-likeness (QED) is 0.134. The van der Waals surface area contributed by atoms with Crippen molar-refractivity contribution in [1.29, 1.82) is 0 Å². The highest BCUT2D eigenvalue weighted by atomic mass is 79.9. The van der Waals surface area contributed by atoms with Crippen molar-refractivity contribution in [1.82, 2.24) is 9.55 Å². The summed E-state index contributed by atoms with van der Waals surface area (Å²) < 4.78 is 52.5. The molecule has 5 aromatic rings. The maximum absolute atomic E-state index is 14.3. The van der Waals surface area contributed by atoms with Crippen LogP contribution in [0.4, 0.5) is 13.2 Å². The van der Waals surface area contributed by atoms with Crippen molar-refractivity contribution >= 4 is 45.5 Å². The molecule has 0 saturated carbocycles. The van der Waals surface area contributed by atoms with E-state index in [0.29, 0.717) is 24.2 Å². The number of hydrogen-bond acceptors (Lipinski definition) is 2. The second-order valence-electron chi connectivity index (χ2n) is 14.6. The van der Waals surface area contributed by atoms with Crippen LogP contribution >= 0.6 is 15.9 Å². The first kappa shape index (κ1) is 35.1. The van der Waals surface area contributed by atoms with Gasteiger partial charge in [0.05, 0.1) is 11.4 Å². The second kappa shape index (κ2) is 13.4. The number of rotatable bonds is 10. The number of pyridine rings is 1. The Morgan fingerprint density at radius 3 is 1.96 bits per heavy atom. The molecule has 2 aromatic heterocycles. The molecule has 0 radical (unpaired) electrons. The Morgan fingerprint density at radius 2 is 1.43 bits per heavy atom. The molecule has 0 aliphatic heterocycles. The van der Waals surface area contributed by atoms with Crippen molar-refractivity contribution in [3.63, 3.8) is 0 Å². The fourth-order valence-electron chi connectivity index (χ4n) is 6.90. The van der Waals surface area contributed by atoms with Gasteiger partial charge < -0.3 is 8.99 Å². The second-order valence-corrected chi connectivity index (χ2v) is 19.8. The largest absolute Gasteiger partial charge is 0.407 e. The zero-order valence-corrected chi connectivity index (χ0v) is 30.8. The summed E-state index contributed by atoms with van der Waals surface area (Å²) in [6.45, 7) is 14.5. The molecule has 5 rings (SSSR count). The minimum Gasteiger partial charge on any atom is -0.407 e. The van der Waals surface area contributed by atoms with Crippen LogP contribution < -0.4 is 10.4 Å². The van der Waals surface area contributed by atoms with Gasteiger partial charge in [0.25, 0.3) is 8.32 Å². The van der Waals surface area contributed by atoms with Crippen molar-refractivity contribution < 1.29 is 17.6 Å². The highest BCUT2D eigenvalue weighted by Crippen LogP contribution is 2.43. The van der Waals surface area contributed by atoms with Crippen LogP contribution in [0.1, 0.15) is 65.6 Å². The maximum Gasteiger partial charge on any atom is 0.406 e. The van der Waals surface area contributed by atoms with Crippen LogP contribution in [0.15, 0.2) is 102 Å². The lowest BCUT2D eigenvalue weighted by Crippen LogP contribution is -2.67. The lowest BCUT2D eigenvalue weighted by Gasteiger charge is -2.44. The summed E-state index contributed by atoms with van der Waals surface area (Å²) in [6, 6.07) is 30.3. The first-order chi connectivity index (χ1) is 22.0. The van der Waals surface area contributed by atoms with Gasteiger partial charge in [0.2, 0.25) is 0 Å². The molecule has 0 N–H and O–H groups in total. The fourth-order valence-corrected chi connectivity index (χ4v) is 12.0. The SMILES string of the molecule is CC(C)c1ncccc1-c1c(CC(C)(C)CO[Si](c2ccccc2)(c2ccccc2)C(C)(C)C)c2cc(Br)ccc2n1CC(F)(F)F. The zero-order valence-electron chi connectivity index (χ0n) is 28.3. The number of halogens is 4. The summed E-state index contributed by atoms with van der Waals surface area (Å²) in [5.41, 5.74) is 3.07. The Balaban J connectivity index is 1.68. The molecule has 2 heterocycles. The van der Waals surface area contributed by atoms with Crippen molar-refractivity contribution in [2.24, 2.45) is 5.41 Å². The van der Waals surface area contributed by atoms with E-state index >= 15 is 0 Å². The molecule has 0 saturated heterocycles. The summed E-state index contributed by atoms with van der Waals surface area (Å²) in [7, 11) is -2.84. The molecule has 0 unspecified atom stereocenters. The van der Waals surface area contributed by atoms with Crippen molar-refractivity contribution in [3.05, 3.63) is 113 Å². The van der Waals surface area contributed by atoms with Crippen LogP contribution in [-0.2, 0) is 17.4 Å². The molecule has 3 aromatic carbocycles. The number of alkyl halides is 3.